The van der Waals surface area contributed by atoms with Gasteiger partial charge in [0.1, 0.15) is 12.4 Å². The van der Waals surface area contributed by atoms with E-state index in [1.54, 1.807) is 13.0 Å². The highest BCUT2D eigenvalue weighted by Gasteiger charge is 2.31. The highest BCUT2D eigenvalue weighted by atomic mass is 19.4. The topological polar surface area (TPSA) is 106 Å². The van der Waals surface area contributed by atoms with Gasteiger partial charge < -0.3 is 15.2 Å². The Morgan fingerprint density at radius 1 is 1.17 bits per heavy atom. The number of nitrogens with one attached hydrogen (secondary N) is 1. The second-order valence-corrected chi connectivity index (χ2v) is 7.62. The van der Waals surface area contributed by atoms with E-state index in [0.29, 0.717) is 17.3 Å². The van der Waals surface area contributed by atoms with Crippen LogP contribution in [-0.2, 0) is 28.7 Å². The molecule has 2 aromatic heterocycles. The molecular formula is C23H22F4N4O4. The zero-order chi connectivity index (χ0) is 25.8. The molecule has 0 bridgehead atoms. The number of hydrogen-bond donors (Lipinski definition) is 2. The van der Waals surface area contributed by atoms with Gasteiger partial charge in [-0.2, -0.15) is 18.3 Å². The molecule has 12 heteroatoms. The summed E-state index contributed by atoms with van der Waals surface area (Å²) in [4.78, 5) is 28.2. The zero-order valence-electron chi connectivity index (χ0n) is 18.8. The van der Waals surface area contributed by atoms with E-state index in [1.807, 2.05) is 0 Å². The van der Waals surface area contributed by atoms with Crippen molar-refractivity contribution in [3.05, 3.63) is 76.0 Å². The van der Waals surface area contributed by atoms with Crippen molar-refractivity contribution in [3.8, 4) is 5.82 Å². The van der Waals surface area contributed by atoms with E-state index in [1.165, 1.54) is 23.9 Å². The van der Waals surface area contributed by atoms with Crippen molar-refractivity contribution in [2.75, 3.05) is 13.2 Å². The smallest absolute Gasteiger partial charge is 0.416 e. The summed E-state index contributed by atoms with van der Waals surface area (Å²) in [5.41, 5.74) is 0.165. The Kier molecular flexibility index (Phi) is 7.85. The van der Waals surface area contributed by atoms with Crippen LogP contribution in [0.1, 0.15) is 45.4 Å². The Balaban J connectivity index is 2.00. The Morgan fingerprint density at radius 3 is 2.57 bits per heavy atom. The fourth-order valence-corrected chi connectivity index (χ4v) is 3.46. The predicted molar refractivity (Wildman–Crippen MR) is 115 cm³/mol. The number of carbonyl (C=O) groups is 2. The van der Waals surface area contributed by atoms with Crippen molar-refractivity contribution in [1.82, 2.24) is 20.1 Å². The monoisotopic (exact) mass is 494 g/mol. The Morgan fingerprint density at radius 2 is 1.91 bits per heavy atom. The van der Waals surface area contributed by atoms with Crippen molar-refractivity contribution >= 4 is 11.9 Å². The lowest BCUT2D eigenvalue weighted by Crippen LogP contribution is -2.28. The third-order valence-corrected chi connectivity index (χ3v) is 4.91. The second-order valence-electron chi connectivity index (χ2n) is 7.62. The molecule has 1 amide bonds. The number of aromatic nitrogens is 3. The molecular weight excluding hydrogens is 472 g/mol. The number of nitrogens with zero attached hydrogens (tertiary/aromatic N) is 3. The molecule has 0 spiro atoms. The molecule has 2 heterocycles. The fraction of sp³-hybridized carbons (Fsp3) is 0.304. The summed E-state index contributed by atoms with van der Waals surface area (Å²) in [6, 6.07) is 5.40. The number of halogens is 4. The molecule has 3 rings (SSSR count). The van der Waals surface area contributed by atoms with Crippen LogP contribution in [0.25, 0.3) is 5.82 Å². The number of amides is 1. The molecule has 0 saturated heterocycles. The summed E-state index contributed by atoms with van der Waals surface area (Å²) in [6.07, 6.45) is -3.32. The minimum Gasteiger partial charge on any atom is -0.459 e. The summed E-state index contributed by atoms with van der Waals surface area (Å²) in [5, 5.41) is 15.8. The standard InChI is InChI=1S/C23H22F4N4O4/c1-13-21(22(34)29-5-6-32)19(12-35-14(2)33)31(30-13)20-10-15(3-4-28-20)7-16-8-17(23(25,26)27)11-18(24)9-16/h3-4,8-11,32H,5-7,12H2,1-2H3,(H,29,34). The number of ether oxygens (including phenoxy) is 1. The SMILES string of the molecule is CC(=O)OCc1c(C(=O)NCCO)c(C)nn1-c1cc(Cc2cc(F)cc(C(F)(F)F)c2)ccn1. The van der Waals surface area contributed by atoms with Crippen molar-refractivity contribution in [3.63, 3.8) is 0 Å². The van der Waals surface area contributed by atoms with E-state index in [0.717, 1.165) is 12.1 Å². The number of aliphatic hydroxyl groups excluding tert-OH is 1. The quantitative estimate of drug-likeness (QED) is 0.368. The number of esters is 1. The second kappa shape index (κ2) is 10.6. The van der Waals surface area contributed by atoms with Crippen molar-refractivity contribution in [2.45, 2.75) is 33.1 Å². The largest absolute Gasteiger partial charge is 0.459 e. The van der Waals surface area contributed by atoms with E-state index in [9.17, 15) is 27.2 Å². The van der Waals surface area contributed by atoms with Crippen LogP contribution in [0.3, 0.4) is 0 Å². The maximum atomic E-state index is 13.8. The highest BCUT2D eigenvalue weighted by Crippen LogP contribution is 2.31. The normalized spacial score (nSPS) is 11.4. The third kappa shape index (κ3) is 6.41. The molecule has 35 heavy (non-hydrogen) atoms. The minimum atomic E-state index is -4.69. The maximum Gasteiger partial charge on any atom is 0.416 e. The molecule has 1 aromatic carbocycles. The summed E-state index contributed by atoms with van der Waals surface area (Å²) >= 11 is 0. The minimum absolute atomic E-state index is 0.00224. The van der Waals surface area contributed by atoms with Gasteiger partial charge in [0, 0.05) is 19.7 Å². The summed E-state index contributed by atoms with van der Waals surface area (Å²) in [5.74, 6) is -1.93. The van der Waals surface area contributed by atoms with Crippen LogP contribution >= 0.6 is 0 Å². The molecule has 3 aromatic rings. The first-order chi connectivity index (χ1) is 16.5. The van der Waals surface area contributed by atoms with Gasteiger partial charge in [-0.05, 0) is 54.8 Å². The lowest BCUT2D eigenvalue weighted by atomic mass is 10.0. The molecule has 0 saturated carbocycles. The molecule has 0 aliphatic rings. The van der Waals surface area contributed by atoms with Gasteiger partial charge in [-0.3, -0.25) is 9.59 Å². The van der Waals surface area contributed by atoms with Gasteiger partial charge in [-0.1, -0.05) is 0 Å². The maximum absolute atomic E-state index is 13.8. The Labute approximate surface area is 197 Å². The molecule has 2 N–H and O–H groups in total. The molecule has 0 aliphatic carbocycles. The lowest BCUT2D eigenvalue weighted by molar-refractivity contribution is -0.142. The summed E-state index contributed by atoms with van der Waals surface area (Å²) in [7, 11) is 0. The molecule has 0 fully saturated rings. The van der Waals surface area contributed by atoms with E-state index in [4.69, 9.17) is 9.84 Å². The van der Waals surface area contributed by atoms with Gasteiger partial charge in [0.2, 0.25) is 0 Å². The first-order valence-electron chi connectivity index (χ1n) is 10.4. The van der Waals surface area contributed by atoms with Crippen molar-refractivity contribution < 1.29 is 37.0 Å². The van der Waals surface area contributed by atoms with Crippen LogP contribution in [0.2, 0.25) is 0 Å². The number of rotatable bonds is 8. The zero-order valence-corrected chi connectivity index (χ0v) is 18.8. The van der Waals surface area contributed by atoms with Crippen LogP contribution in [0.5, 0.6) is 0 Å². The average molecular weight is 494 g/mol. The van der Waals surface area contributed by atoms with Crippen LogP contribution in [0.4, 0.5) is 17.6 Å². The van der Waals surface area contributed by atoms with Gasteiger partial charge in [-0.25, -0.2) is 14.1 Å². The third-order valence-electron chi connectivity index (χ3n) is 4.91. The number of aliphatic hydroxyl groups is 1. The van der Waals surface area contributed by atoms with Crippen LogP contribution in [0.15, 0.2) is 36.5 Å². The number of hydrogen-bond acceptors (Lipinski definition) is 6. The van der Waals surface area contributed by atoms with Gasteiger partial charge >= 0.3 is 12.1 Å². The fourth-order valence-electron chi connectivity index (χ4n) is 3.46. The molecule has 186 valence electrons. The van der Waals surface area contributed by atoms with Crippen molar-refractivity contribution in [2.24, 2.45) is 0 Å². The van der Waals surface area contributed by atoms with Gasteiger partial charge in [0.05, 0.1) is 29.1 Å². The molecule has 0 unspecified atom stereocenters. The highest BCUT2D eigenvalue weighted by molar-refractivity contribution is 5.96. The lowest BCUT2D eigenvalue weighted by Gasteiger charge is -2.12. The number of benzene rings is 1. The molecule has 0 atom stereocenters. The molecule has 8 nitrogen and oxygen atoms in total. The molecule has 0 aliphatic heterocycles. The Hall–Kier alpha value is -3.80. The Bertz CT molecular complexity index is 1240. The summed E-state index contributed by atoms with van der Waals surface area (Å²) in [6.45, 7) is 2.18. The van der Waals surface area contributed by atoms with Gasteiger partial charge in [0.25, 0.3) is 5.91 Å². The average Bonchev–Trinajstić information content (AvgIpc) is 3.11. The number of carbonyl (C=O) groups excluding carboxylic acids is 2. The first kappa shape index (κ1) is 25.8. The van der Waals surface area contributed by atoms with E-state index in [2.05, 4.69) is 15.4 Å². The number of aryl methyl sites for hydroxylation is 1. The van der Waals surface area contributed by atoms with Crippen LogP contribution < -0.4 is 5.32 Å². The molecule has 0 radical (unpaired) electrons. The van der Waals surface area contributed by atoms with Crippen LogP contribution in [-0.4, -0.2) is 44.9 Å². The van der Waals surface area contributed by atoms with Gasteiger partial charge in [0.15, 0.2) is 5.82 Å². The van der Waals surface area contributed by atoms with E-state index in [-0.39, 0.29) is 48.8 Å². The summed E-state index contributed by atoms with van der Waals surface area (Å²) < 4.78 is 59.3. The van der Waals surface area contributed by atoms with E-state index < -0.39 is 29.4 Å². The van der Waals surface area contributed by atoms with Gasteiger partial charge in [-0.15, -0.1) is 0 Å². The van der Waals surface area contributed by atoms with Crippen LogP contribution in [0, 0.1) is 12.7 Å². The number of alkyl halides is 3. The number of pyridine rings is 1. The predicted octanol–water partition coefficient (Wildman–Crippen LogP) is 3.11. The first-order valence-corrected chi connectivity index (χ1v) is 10.4. The van der Waals surface area contributed by atoms with E-state index >= 15 is 0 Å². The van der Waals surface area contributed by atoms with Crippen molar-refractivity contribution in [1.29, 1.82) is 0 Å².